The highest BCUT2D eigenvalue weighted by molar-refractivity contribution is 6.02. The van der Waals surface area contributed by atoms with Gasteiger partial charge in [-0.25, -0.2) is 0 Å². The van der Waals surface area contributed by atoms with Crippen LogP contribution in [0, 0.1) is 11.8 Å². The summed E-state index contributed by atoms with van der Waals surface area (Å²) in [7, 11) is 0. The minimum atomic E-state index is -1.04. The van der Waals surface area contributed by atoms with E-state index in [1.54, 1.807) is 12.1 Å². The third-order valence-electron chi connectivity index (χ3n) is 8.14. The van der Waals surface area contributed by atoms with Gasteiger partial charge in [-0.3, -0.25) is 14.4 Å². The van der Waals surface area contributed by atoms with E-state index in [1.807, 2.05) is 25.1 Å². The van der Waals surface area contributed by atoms with Crippen molar-refractivity contribution >= 4 is 23.4 Å². The molecule has 1 aromatic carbocycles. The number of hydrogen-bond acceptors (Lipinski definition) is 5. The van der Waals surface area contributed by atoms with Gasteiger partial charge in [0, 0.05) is 18.3 Å². The summed E-state index contributed by atoms with van der Waals surface area (Å²) in [6, 6.07) is 8.42. The first kappa shape index (κ1) is 22.3. The van der Waals surface area contributed by atoms with Crippen LogP contribution in [0.2, 0.25) is 0 Å². The first-order chi connectivity index (χ1) is 15.9. The number of nitrogens with one attached hydrogen (secondary N) is 2. The number of likely N-dealkylation sites (tertiary alicyclic amines) is 1. The topological polar surface area (TPSA) is 108 Å². The van der Waals surface area contributed by atoms with Gasteiger partial charge in [0.2, 0.25) is 17.7 Å². The Morgan fingerprint density at radius 1 is 1.12 bits per heavy atom. The predicted octanol–water partition coefficient (Wildman–Crippen LogP) is 1.83. The monoisotopic (exact) mass is 455 g/mol. The van der Waals surface area contributed by atoms with Crippen LogP contribution in [0.5, 0.6) is 0 Å². The fourth-order valence-corrected chi connectivity index (χ4v) is 6.74. The number of aliphatic hydroxyl groups excluding tert-OH is 1. The Balaban J connectivity index is 1.45. The van der Waals surface area contributed by atoms with Crippen molar-refractivity contribution < 1.29 is 24.2 Å². The zero-order chi connectivity index (χ0) is 23.2. The highest BCUT2D eigenvalue weighted by Crippen LogP contribution is 2.63. The van der Waals surface area contributed by atoms with E-state index in [9.17, 15) is 19.5 Å². The van der Waals surface area contributed by atoms with E-state index in [4.69, 9.17) is 4.74 Å². The van der Waals surface area contributed by atoms with E-state index in [1.165, 1.54) is 11.3 Å². The minimum absolute atomic E-state index is 0.0485. The number of aliphatic hydroxyl groups is 1. The normalized spacial score (nSPS) is 35.5. The van der Waals surface area contributed by atoms with Crippen molar-refractivity contribution in [3.63, 3.8) is 0 Å². The molecule has 4 aliphatic rings. The van der Waals surface area contributed by atoms with Crippen molar-refractivity contribution in [1.29, 1.82) is 0 Å². The molecule has 2 unspecified atom stereocenters. The van der Waals surface area contributed by atoms with Crippen LogP contribution in [0.3, 0.4) is 0 Å². The second kappa shape index (κ2) is 8.40. The molecule has 3 aliphatic heterocycles. The molecule has 3 saturated heterocycles. The number of carbonyl (C=O) groups excluding carboxylic acids is 3. The quantitative estimate of drug-likeness (QED) is 0.607. The molecule has 3 amide bonds. The van der Waals surface area contributed by atoms with Crippen LogP contribution in [-0.2, 0) is 19.1 Å². The average Bonchev–Trinajstić information content (AvgIpc) is 3.36. The smallest absolute Gasteiger partial charge is 0.246 e. The molecule has 0 radical (unpaired) electrons. The van der Waals surface area contributed by atoms with Crippen LogP contribution in [0.15, 0.2) is 30.3 Å². The van der Waals surface area contributed by atoms with E-state index in [-0.39, 0.29) is 36.9 Å². The third kappa shape index (κ3) is 3.54. The third-order valence-corrected chi connectivity index (χ3v) is 8.14. The van der Waals surface area contributed by atoms with Crippen LogP contribution in [0.25, 0.3) is 0 Å². The number of ether oxygens (including phenoxy) is 1. The summed E-state index contributed by atoms with van der Waals surface area (Å²) in [5, 5.41) is 15.8. The van der Waals surface area contributed by atoms with Crippen molar-refractivity contribution in [2.45, 2.75) is 75.2 Å². The number of hydrogen-bond donors (Lipinski definition) is 3. The molecule has 2 bridgehead atoms. The second-order valence-electron chi connectivity index (χ2n) is 10.2. The lowest BCUT2D eigenvalue weighted by molar-refractivity contribution is -0.146. The molecule has 1 aromatic rings. The summed E-state index contributed by atoms with van der Waals surface area (Å²) in [5.74, 6) is -2.20. The lowest BCUT2D eigenvalue weighted by Gasteiger charge is -2.35. The number of carbonyl (C=O) groups is 3. The van der Waals surface area contributed by atoms with Crippen LogP contribution >= 0.6 is 0 Å². The Hall–Kier alpha value is -2.45. The molecule has 8 nitrogen and oxygen atoms in total. The lowest BCUT2D eigenvalue weighted by Crippen LogP contribution is -2.57. The van der Waals surface area contributed by atoms with Gasteiger partial charge in [0.15, 0.2) is 0 Å². The standard InChI is InChI=1S/C25H33N3O5/c1-24-12-13-25(33-24)19(18(24)21(30)26-16-8-4-2-5-9-16)23(32)28(14-15-29)20(25)22(31)27-17-10-6-3-7-11-17/h2,4-5,8-9,17-20,29H,3,6-7,10-15H2,1H3,(H,26,30)(H,27,31)/t18-,19-,20?,24+,25?/m0/s1. The van der Waals surface area contributed by atoms with Crippen LogP contribution < -0.4 is 10.6 Å². The number of rotatable bonds is 6. The maximum atomic E-state index is 13.7. The number of para-hydroxylation sites is 1. The van der Waals surface area contributed by atoms with Gasteiger partial charge in [0.05, 0.1) is 24.0 Å². The Morgan fingerprint density at radius 2 is 1.85 bits per heavy atom. The molecule has 1 saturated carbocycles. The maximum absolute atomic E-state index is 13.7. The summed E-state index contributed by atoms with van der Waals surface area (Å²) >= 11 is 0. The molecule has 1 spiro atoms. The number of anilines is 1. The first-order valence-corrected chi connectivity index (χ1v) is 12.2. The fraction of sp³-hybridized carbons (Fsp3) is 0.640. The number of β-amino-alcohol motifs (C(OH)–C–C–N with tert-alkyl or cyclic N) is 1. The van der Waals surface area contributed by atoms with E-state index in [2.05, 4.69) is 10.6 Å². The SMILES string of the molecule is C[C@]12CCC3(O1)C(C(=O)NC1CCCCC1)N(CCO)C(=O)[C@@H]3[C@H]2C(=O)Nc1ccccc1. The molecule has 3 heterocycles. The van der Waals surface area contributed by atoms with Crippen molar-refractivity contribution in [2.24, 2.45) is 11.8 Å². The summed E-state index contributed by atoms with van der Waals surface area (Å²) in [6.07, 6.45) is 6.35. The molecule has 1 aliphatic carbocycles. The van der Waals surface area contributed by atoms with Gasteiger partial charge in [-0.1, -0.05) is 37.5 Å². The fourth-order valence-electron chi connectivity index (χ4n) is 6.74. The molecule has 33 heavy (non-hydrogen) atoms. The average molecular weight is 456 g/mol. The van der Waals surface area contributed by atoms with Gasteiger partial charge in [0.1, 0.15) is 11.6 Å². The molecular weight excluding hydrogens is 422 g/mol. The van der Waals surface area contributed by atoms with Crippen LogP contribution in [0.4, 0.5) is 5.69 Å². The van der Waals surface area contributed by atoms with Gasteiger partial charge in [-0.05, 0) is 44.7 Å². The Bertz CT molecular complexity index is 933. The Morgan fingerprint density at radius 3 is 2.55 bits per heavy atom. The molecule has 5 rings (SSSR count). The zero-order valence-electron chi connectivity index (χ0n) is 19.1. The summed E-state index contributed by atoms with van der Waals surface area (Å²) in [4.78, 5) is 42.1. The minimum Gasteiger partial charge on any atom is -0.395 e. The molecule has 178 valence electrons. The molecule has 4 fully saturated rings. The Kier molecular flexibility index (Phi) is 5.69. The van der Waals surface area contributed by atoms with Gasteiger partial charge >= 0.3 is 0 Å². The molecule has 8 heteroatoms. The maximum Gasteiger partial charge on any atom is 0.246 e. The number of amides is 3. The van der Waals surface area contributed by atoms with Gasteiger partial charge in [-0.15, -0.1) is 0 Å². The van der Waals surface area contributed by atoms with Gasteiger partial charge < -0.3 is 25.4 Å². The van der Waals surface area contributed by atoms with Crippen molar-refractivity contribution in [1.82, 2.24) is 10.2 Å². The van der Waals surface area contributed by atoms with E-state index in [0.29, 0.717) is 18.5 Å². The van der Waals surface area contributed by atoms with Crippen LogP contribution in [-0.4, -0.2) is 64.2 Å². The molecular formula is C25H33N3O5. The number of benzene rings is 1. The van der Waals surface area contributed by atoms with E-state index in [0.717, 1.165) is 25.7 Å². The zero-order valence-corrected chi connectivity index (χ0v) is 19.1. The highest BCUT2D eigenvalue weighted by atomic mass is 16.5. The largest absolute Gasteiger partial charge is 0.395 e. The first-order valence-electron chi connectivity index (χ1n) is 12.2. The van der Waals surface area contributed by atoms with E-state index >= 15 is 0 Å². The molecule has 5 atom stereocenters. The number of fused-ring (bicyclic) bond motifs is 1. The van der Waals surface area contributed by atoms with Crippen molar-refractivity contribution in [3.8, 4) is 0 Å². The second-order valence-corrected chi connectivity index (χ2v) is 10.2. The highest BCUT2D eigenvalue weighted by Gasteiger charge is 2.77. The van der Waals surface area contributed by atoms with Crippen molar-refractivity contribution in [3.05, 3.63) is 30.3 Å². The lowest BCUT2D eigenvalue weighted by atomic mass is 9.66. The van der Waals surface area contributed by atoms with Gasteiger partial charge in [0.25, 0.3) is 0 Å². The predicted molar refractivity (Wildman–Crippen MR) is 121 cm³/mol. The van der Waals surface area contributed by atoms with Crippen molar-refractivity contribution in [2.75, 3.05) is 18.5 Å². The summed E-state index contributed by atoms with van der Waals surface area (Å²) in [6.45, 7) is 1.68. The number of nitrogens with zero attached hydrogens (tertiary/aromatic N) is 1. The summed E-state index contributed by atoms with van der Waals surface area (Å²) < 4.78 is 6.55. The molecule has 3 N–H and O–H groups in total. The van der Waals surface area contributed by atoms with Gasteiger partial charge in [-0.2, -0.15) is 0 Å². The Labute approximate surface area is 194 Å². The van der Waals surface area contributed by atoms with Crippen LogP contribution in [0.1, 0.15) is 51.9 Å². The van der Waals surface area contributed by atoms with E-state index < -0.39 is 29.1 Å². The summed E-state index contributed by atoms with van der Waals surface area (Å²) in [5.41, 5.74) is -1.20. The molecule has 0 aromatic heterocycles.